The van der Waals surface area contributed by atoms with Crippen molar-refractivity contribution in [2.45, 2.75) is 78.4 Å². The van der Waals surface area contributed by atoms with Gasteiger partial charge in [-0.15, -0.1) is 0 Å². The number of hydrogen-bond acceptors (Lipinski definition) is 4. The van der Waals surface area contributed by atoms with Gasteiger partial charge in [-0.2, -0.15) is 0 Å². The first kappa shape index (κ1) is 19.0. The Morgan fingerprint density at radius 3 is 1.21 bits per heavy atom. The maximum atomic E-state index is 11.9. The maximum Gasteiger partial charge on any atom is 0.331 e. The van der Waals surface area contributed by atoms with E-state index < -0.39 is 11.9 Å². The molecule has 4 nitrogen and oxygen atoms in total. The van der Waals surface area contributed by atoms with Crippen LogP contribution in [0, 0.1) is 23.7 Å². The van der Waals surface area contributed by atoms with Crippen LogP contribution in [0.15, 0.2) is 12.2 Å². The number of hydrogen-bond donors (Lipinski definition) is 0. The van der Waals surface area contributed by atoms with Gasteiger partial charge in [-0.1, -0.05) is 27.7 Å². The Bertz CT molecular complexity index is 408. The molecule has 4 heteroatoms. The fraction of sp³-hybridized carbons (Fsp3) is 0.800. The Morgan fingerprint density at radius 1 is 0.625 bits per heavy atom. The van der Waals surface area contributed by atoms with Gasteiger partial charge in [0.15, 0.2) is 0 Å². The molecule has 0 radical (unpaired) electrons. The number of carbonyl (C=O) groups is 2. The highest BCUT2D eigenvalue weighted by Crippen LogP contribution is 2.31. The van der Waals surface area contributed by atoms with Crippen LogP contribution in [-0.2, 0) is 19.1 Å². The van der Waals surface area contributed by atoms with Crippen molar-refractivity contribution in [1.29, 1.82) is 0 Å². The molecule has 0 aromatic carbocycles. The van der Waals surface area contributed by atoms with E-state index in [9.17, 15) is 9.59 Å². The van der Waals surface area contributed by atoms with Crippen molar-refractivity contribution in [2.24, 2.45) is 23.7 Å². The van der Waals surface area contributed by atoms with Gasteiger partial charge in [0.2, 0.25) is 0 Å². The summed E-state index contributed by atoms with van der Waals surface area (Å²) in [5.41, 5.74) is 0. The summed E-state index contributed by atoms with van der Waals surface area (Å²) in [5.74, 6) is 1.44. The van der Waals surface area contributed by atoms with Crippen molar-refractivity contribution < 1.29 is 19.1 Å². The zero-order valence-electron chi connectivity index (χ0n) is 15.5. The Hall–Kier alpha value is -1.32. The second kappa shape index (κ2) is 8.68. The fourth-order valence-corrected chi connectivity index (χ4v) is 4.48. The molecule has 2 aliphatic carbocycles. The van der Waals surface area contributed by atoms with Crippen molar-refractivity contribution in [3.05, 3.63) is 12.2 Å². The van der Waals surface area contributed by atoms with Crippen molar-refractivity contribution in [2.75, 3.05) is 0 Å². The number of carbonyl (C=O) groups excluding carboxylic acids is 2. The van der Waals surface area contributed by atoms with Crippen LogP contribution in [0.3, 0.4) is 0 Å². The molecule has 0 N–H and O–H groups in total. The minimum atomic E-state index is -0.441. The second-order valence-electron chi connectivity index (χ2n) is 8.29. The Kier molecular flexibility index (Phi) is 6.88. The first-order valence-electron chi connectivity index (χ1n) is 9.41. The summed E-state index contributed by atoms with van der Waals surface area (Å²) in [4.78, 5) is 23.8. The molecule has 2 aliphatic rings. The molecule has 136 valence electrons. The Balaban J connectivity index is 1.75. The van der Waals surface area contributed by atoms with Gasteiger partial charge in [0.05, 0.1) is 0 Å². The molecule has 0 amide bonds. The van der Waals surface area contributed by atoms with Crippen LogP contribution < -0.4 is 0 Å². The first-order valence-corrected chi connectivity index (χ1v) is 9.41. The van der Waals surface area contributed by atoms with E-state index in [2.05, 4.69) is 27.7 Å². The largest absolute Gasteiger partial charge is 0.459 e. The van der Waals surface area contributed by atoms with Crippen LogP contribution in [-0.4, -0.2) is 24.1 Å². The zero-order chi connectivity index (χ0) is 17.7. The average Bonchev–Trinajstić information content (AvgIpc) is 2.42. The second-order valence-corrected chi connectivity index (χ2v) is 8.29. The van der Waals surface area contributed by atoms with E-state index in [0.717, 1.165) is 25.7 Å². The lowest BCUT2D eigenvalue weighted by atomic mass is 9.82. The summed E-state index contributed by atoms with van der Waals surface area (Å²) in [7, 11) is 0. The van der Waals surface area contributed by atoms with Crippen LogP contribution in [0.25, 0.3) is 0 Å². The molecule has 0 spiro atoms. The van der Waals surface area contributed by atoms with Crippen LogP contribution in [0.2, 0.25) is 0 Å². The van der Waals surface area contributed by atoms with E-state index >= 15 is 0 Å². The van der Waals surface area contributed by atoms with E-state index in [1.165, 1.54) is 25.0 Å². The van der Waals surface area contributed by atoms with Crippen LogP contribution >= 0.6 is 0 Å². The fourth-order valence-electron chi connectivity index (χ4n) is 4.48. The quantitative estimate of drug-likeness (QED) is 0.568. The van der Waals surface area contributed by atoms with Gasteiger partial charge in [0, 0.05) is 12.2 Å². The monoisotopic (exact) mass is 336 g/mol. The standard InChI is InChI=1S/C20H32O4/c1-13-7-14(2)10-17(9-13)23-19(21)5-6-20(22)24-18-11-15(3)8-16(4)12-18/h5-6,13-18H,7-12H2,1-4H3/b6-5-. The third-order valence-corrected chi connectivity index (χ3v) is 5.19. The smallest absolute Gasteiger partial charge is 0.331 e. The molecule has 0 heterocycles. The average molecular weight is 336 g/mol. The van der Waals surface area contributed by atoms with Crippen molar-refractivity contribution in [3.63, 3.8) is 0 Å². The Morgan fingerprint density at radius 2 is 0.917 bits per heavy atom. The lowest BCUT2D eigenvalue weighted by Crippen LogP contribution is -2.28. The lowest BCUT2D eigenvalue weighted by Gasteiger charge is -2.31. The predicted molar refractivity (Wildman–Crippen MR) is 93.3 cm³/mol. The van der Waals surface area contributed by atoms with Gasteiger partial charge in [-0.25, -0.2) is 9.59 Å². The molecule has 2 saturated carbocycles. The van der Waals surface area contributed by atoms with Crippen LogP contribution in [0.1, 0.15) is 66.2 Å². The molecule has 2 rings (SSSR count). The normalized spacial score (nSPS) is 37.2. The maximum absolute atomic E-state index is 11.9. The van der Waals surface area contributed by atoms with E-state index in [1.54, 1.807) is 0 Å². The highest BCUT2D eigenvalue weighted by atomic mass is 16.5. The third kappa shape index (κ3) is 6.29. The van der Waals surface area contributed by atoms with Crippen LogP contribution in [0.5, 0.6) is 0 Å². The van der Waals surface area contributed by atoms with E-state index in [4.69, 9.17) is 9.47 Å². The third-order valence-electron chi connectivity index (χ3n) is 5.19. The molecular formula is C20H32O4. The van der Waals surface area contributed by atoms with Gasteiger partial charge in [-0.05, 0) is 62.2 Å². The first-order chi connectivity index (χ1) is 11.3. The van der Waals surface area contributed by atoms with Gasteiger partial charge in [0.1, 0.15) is 12.2 Å². The summed E-state index contributed by atoms with van der Waals surface area (Å²) >= 11 is 0. The van der Waals surface area contributed by atoms with Crippen molar-refractivity contribution >= 4 is 11.9 Å². The molecule has 2 fully saturated rings. The van der Waals surface area contributed by atoms with Gasteiger partial charge < -0.3 is 9.47 Å². The summed E-state index contributed by atoms with van der Waals surface area (Å²) < 4.78 is 10.9. The SMILES string of the molecule is CC1CC(C)CC(OC(=O)/C=C\C(=O)OC2CC(C)CC(C)C2)C1. The van der Waals surface area contributed by atoms with Crippen molar-refractivity contribution in [1.82, 2.24) is 0 Å². The zero-order valence-corrected chi connectivity index (χ0v) is 15.5. The summed E-state index contributed by atoms with van der Waals surface area (Å²) in [5, 5.41) is 0. The minimum absolute atomic E-state index is 0.0306. The molecule has 0 aliphatic heterocycles. The molecule has 24 heavy (non-hydrogen) atoms. The van der Waals surface area contributed by atoms with Crippen molar-refractivity contribution in [3.8, 4) is 0 Å². The lowest BCUT2D eigenvalue weighted by molar-refractivity contribution is -0.148. The molecule has 4 atom stereocenters. The topological polar surface area (TPSA) is 52.6 Å². The molecular weight excluding hydrogens is 304 g/mol. The molecule has 0 bridgehead atoms. The van der Waals surface area contributed by atoms with E-state index in [1.807, 2.05) is 0 Å². The predicted octanol–water partition coefficient (Wildman–Crippen LogP) is 4.28. The molecule has 0 saturated heterocycles. The molecule has 4 unspecified atom stereocenters. The highest BCUT2D eigenvalue weighted by molar-refractivity contribution is 5.91. The van der Waals surface area contributed by atoms with Gasteiger partial charge >= 0.3 is 11.9 Å². The van der Waals surface area contributed by atoms with E-state index in [0.29, 0.717) is 23.7 Å². The Labute approximate surface area is 146 Å². The number of ether oxygens (including phenoxy) is 2. The minimum Gasteiger partial charge on any atom is -0.459 e. The summed E-state index contributed by atoms with van der Waals surface area (Å²) in [6, 6.07) is 0. The number of rotatable bonds is 4. The van der Waals surface area contributed by atoms with Crippen LogP contribution in [0.4, 0.5) is 0 Å². The van der Waals surface area contributed by atoms with Gasteiger partial charge in [-0.3, -0.25) is 0 Å². The van der Waals surface area contributed by atoms with E-state index in [-0.39, 0.29) is 12.2 Å². The molecule has 0 aromatic rings. The van der Waals surface area contributed by atoms with Gasteiger partial charge in [0.25, 0.3) is 0 Å². The molecule has 0 aromatic heterocycles. The summed E-state index contributed by atoms with van der Waals surface area (Å²) in [6.45, 7) is 8.76. The number of esters is 2. The summed E-state index contributed by atoms with van der Waals surface area (Å²) in [6.07, 6.45) is 8.37. The highest BCUT2D eigenvalue weighted by Gasteiger charge is 2.27.